The maximum atomic E-state index is 13.9. The first kappa shape index (κ1) is 29.9. The van der Waals surface area contributed by atoms with Crippen molar-refractivity contribution in [2.75, 3.05) is 14.2 Å². The number of ether oxygens (including phenoxy) is 3. The lowest BCUT2D eigenvalue weighted by molar-refractivity contribution is -0.136. The third-order valence-electron chi connectivity index (χ3n) is 6.68. The normalized spacial score (nSPS) is 14.8. The van der Waals surface area contributed by atoms with E-state index in [1.54, 1.807) is 41.0 Å². The topological polar surface area (TPSA) is 79.1 Å². The number of nitrogens with zero attached hydrogens (tertiary/aromatic N) is 2. The van der Waals surface area contributed by atoms with Crippen LogP contribution < -0.4 is 24.4 Å². The Balaban J connectivity index is 1.57. The van der Waals surface area contributed by atoms with E-state index in [1.807, 2.05) is 37.3 Å². The predicted octanol–water partition coefficient (Wildman–Crippen LogP) is 6.35. The van der Waals surface area contributed by atoms with E-state index in [1.165, 1.54) is 25.6 Å². The van der Waals surface area contributed by atoms with Crippen molar-refractivity contribution in [3.8, 4) is 11.5 Å². The molecule has 0 amide bonds. The summed E-state index contributed by atoms with van der Waals surface area (Å²) in [6.07, 6.45) is 2.21. The number of benzene rings is 3. The highest BCUT2D eigenvalue weighted by molar-refractivity contribution is 7.07. The highest BCUT2D eigenvalue weighted by Crippen LogP contribution is 2.37. The van der Waals surface area contributed by atoms with Gasteiger partial charge in [-0.3, -0.25) is 9.36 Å². The molecule has 0 radical (unpaired) electrons. The van der Waals surface area contributed by atoms with Gasteiger partial charge < -0.3 is 14.2 Å². The molecule has 0 bridgehead atoms. The number of methoxy groups -OCH3 is 2. The standard InChI is InChI=1S/C31H25Cl3N2O5S/c1-4-23-26(30(38)40-3)27(19-8-6-5-7-9-19)36-29(37)25(42-31(36)35-23)15-18-13-22(34)28(24(14-18)39-2)41-16-17-10-11-20(32)21(33)12-17/h5-15,27H,4,16H2,1-3H3/b25-15-/t27-/m1/s1. The molecule has 2 heterocycles. The van der Waals surface area contributed by atoms with Gasteiger partial charge in [0.1, 0.15) is 6.61 Å². The van der Waals surface area contributed by atoms with Gasteiger partial charge in [0.25, 0.3) is 5.56 Å². The van der Waals surface area contributed by atoms with Crippen LogP contribution in [-0.4, -0.2) is 24.8 Å². The molecule has 0 aliphatic carbocycles. The van der Waals surface area contributed by atoms with Gasteiger partial charge in [0.2, 0.25) is 0 Å². The van der Waals surface area contributed by atoms with Crippen molar-refractivity contribution in [3.05, 3.63) is 123 Å². The van der Waals surface area contributed by atoms with Crippen molar-refractivity contribution in [2.24, 2.45) is 4.99 Å². The Kier molecular flexibility index (Phi) is 9.08. The van der Waals surface area contributed by atoms with Gasteiger partial charge in [-0.15, -0.1) is 0 Å². The summed E-state index contributed by atoms with van der Waals surface area (Å²) in [6, 6.07) is 17.3. The molecule has 3 aromatic carbocycles. The average molecular weight is 644 g/mol. The molecular weight excluding hydrogens is 619 g/mol. The number of fused-ring (bicyclic) bond motifs is 1. The summed E-state index contributed by atoms with van der Waals surface area (Å²) in [7, 11) is 2.83. The average Bonchev–Trinajstić information content (AvgIpc) is 3.31. The molecule has 1 atom stereocenters. The van der Waals surface area contributed by atoms with Gasteiger partial charge in [-0.05, 0) is 53.5 Å². The molecule has 1 aliphatic rings. The number of allylic oxidation sites excluding steroid dienone is 1. The molecule has 7 nitrogen and oxygen atoms in total. The molecule has 11 heteroatoms. The fourth-order valence-corrected chi connectivity index (χ4v) is 6.33. The van der Waals surface area contributed by atoms with Gasteiger partial charge in [0, 0.05) is 0 Å². The summed E-state index contributed by atoms with van der Waals surface area (Å²) < 4.78 is 18.6. The minimum absolute atomic E-state index is 0.187. The number of hydrogen-bond donors (Lipinski definition) is 0. The van der Waals surface area contributed by atoms with E-state index in [4.69, 9.17) is 54.0 Å². The Morgan fingerprint density at radius 3 is 2.45 bits per heavy atom. The van der Waals surface area contributed by atoms with Crippen LogP contribution >= 0.6 is 46.1 Å². The smallest absolute Gasteiger partial charge is 0.338 e. The van der Waals surface area contributed by atoms with Crippen LogP contribution in [0.1, 0.15) is 36.1 Å². The Morgan fingerprint density at radius 2 is 1.79 bits per heavy atom. The lowest BCUT2D eigenvalue weighted by atomic mass is 9.95. The SMILES string of the molecule is CCC1=C(C(=O)OC)[C@@H](c2ccccc2)n2c(s/c(=C\c3cc(Cl)c(OCc4ccc(Cl)c(Cl)c4)c(OC)c3)c2=O)=N1. The van der Waals surface area contributed by atoms with Crippen molar-refractivity contribution < 1.29 is 19.0 Å². The van der Waals surface area contributed by atoms with Crippen molar-refractivity contribution in [2.45, 2.75) is 26.0 Å². The van der Waals surface area contributed by atoms with Gasteiger partial charge in [-0.1, -0.05) is 89.5 Å². The van der Waals surface area contributed by atoms with Crippen molar-refractivity contribution >= 4 is 58.2 Å². The Bertz CT molecular complexity index is 1880. The van der Waals surface area contributed by atoms with E-state index >= 15 is 0 Å². The number of rotatable bonds is 8. The Morgan fingerprint density at radius 1 is 1.02 bits per heavy atom. The van der Waals surface area contributed by atoms with E-state index in [-0.39, 0.29) is 12.2 Å². The van der Waals surface area contributed by atoms with Crippen LogP contribution in [0.5, 0.6) is 11.5 Å². The van der Waals surface area contributed by atoms with Crippen LogP contribution in [-0.2, 0) is 16.1 Å². The molecule has 4 aromatic rings. The second-order valence-corrected chi connectivity index (χ2v) is 11.5. The number of esters is 1. The lowest BCUT2D eigenvalue weighted by Crippen LogP contribution is -2.40. The fourth-order valence-electron chi connectivity index (χ4n) is 4.71. The number of thiazole rings is 1. The quantitative estimate of drug-likeness (QED) is 0.209. The minimum atomic E-state index is -0.678. The van der Waals surface area contributed by atoms with Crippen molar-refractivity contribution in [1.29, 1.82) is 0 Å². The van der Waals surface area contributed by atoms with Crippen LogP contribution in [0.15, 0.2) is 81.7 Å². The van der Waals surface area contributed by atoms with Crippen molar-refractivity contribution in [1.82, 2.24) is 4.57 Å². The van der Waals surface area contributed by atoms with Crippen LogP contribution in [0.25, 0.3) is 6.08 Å². The highest BCUT2D eigenvalue weighted by Gasteiger charge is 2.33. The van der Waals surface area contributed by atoms with E-state index in [0.29, 0.717) is 59.2 Å². The maximum Gasteiger partial charge on any atom is 0.338 e. The molecule has 0 unspecified atom stereocenters. The number of hydrogen-bond acceptors (Lipinski definition) is 7. The Labute approximate surface area is 260 Å². The van der Waals surface area contributed by atoms with Gasteiger partial charge in [0.15, 0.2) is 16.3 Å². The van der Waals surface area contributed by atoms with Gasteiger partial charge in [-0.2, -0.15) is 0 Å². The fraction of sp³-hybridized carbons (Fsp3) is 0.194. The minimum Gasteiger partial charge on any atom is -0.493 e. The van der Waals surface area contributed by atoms with E-state index in [2.05, 4.69) is 0 Å². The monoisotopic (exact) mass is 642 g/mol. The third kappa shape index (κ3) is 5.85. The molecule has 5 rings (SSSR count). The molecule has 1 aliphatic heterocycles. The van der Waals surface area contributed by atoms with E-state index in [9.17, 15) is 9.59 Å². The molecular formula is C31H25Cl3N2O5S. The number of halogens is 3. The molecule has 0 saturated carbocycles. The number of carbonyl (C=O) groups is 1. The molecule has 216 valence electrons. The summed E-state index contributed by atoms with van der Waals surface area (Å²) in [5, 5.41) is 1.18. The zero-order valence-corrected chi connectivity index (χ0v) is 25.9. The molecule has 0 N–H and O–H groups in total. The van der Waals surface area contributed by atoms with Crippen LogP contribution in [0.2, 0.25) is 15.1 Å². The highest BCUT2D eigenvalue weighted by atomic mass is 35.5. The van der Waals surface area contributed by atoms with E-state index in [0.717, 1.165) is 11.1 Å². The van der Waals surface area contributed by atoms with Gasteiger partial charge in [-0.25, -0.2) is 9.79 Å². The lowest BCUT2D eigenvalue weighted by Gasteiger charge is -2.25. The molecule has 0 spiro atoms. The van der Waals surface area contributed by atoms with Crippen LogP contribution in [0.4, 0.5) is 0 Å². The molecule has 0 fully saturated rings. The van der Waals surface area contributed by atoms with Gasteiger partial charge >= 0.3 is 5.97 Å². The summed E-state index contributed by atoms with van der Waals surface area (Å²) in [4.78, 5) is 32.0. The molecule has 0 saturated heterocycles. The first-order valence-corrected chi connectivity index (χ1v) is 14.8. The third-order valence-corrected chi connectivity index (χ3v) is 8.69. The first-order chi connectivity index (χ1) is 20.2. The second-order valence-electron chi connectivity index (χ2n) is 9.27. The summed E-state index contributed by atoms with van der Waals surface area (Å²) in [5.74, 6) is 0.222. The predicted molar refractivity (Wildman–Crippen MR) is 166 cm³/mol. The molecule has 1 aromatic heterocycles. The van der Waals surface area contributed by atoms with Gasteiger partial charge in [0.05, 0.1) is 51.1 Å². The summed E-state index contributed by atoms with van der Waals surface area (Å²) in [5.41, 5.74) is 2.84. The maximum absolute atomic E-state index is 13.9. The first-order valence-electron chi connectivity index (χ1n) is 12.9. The number of aromatic nitrogens is 1. The van der Waals surface area contributed by atoms with Crippen molar-refractivity contribution in [3.63, 3.8) is 0 Å². The summed E-state index contributed by atoms with van der Waals surface area (Å²) >= 11 is 20.0. The zero-order valence-electron chi connectivity index (χ0n) is 22.8. The molecule has 42 heavy (non-hydrogen) atoms. The van der Waals surface area contributed by atoms with Crippen LogP contribution in [0, 0.1) is 0 Å². The van der Waals surface area contributed by atoms with E-state index < -0.39 is 12.0 Å². The number of carbonyl (C=O) groups excluding carboxylic acids is 1. The summed E-state index contributed by atoms with van der Waals surface area (Å²) in [6.45, 7) is 2.10. The zero-order chi connectivity index (χ0) is 30.0. The largest absolute Gasteiger partial charge is 0.493 e. The Hall–Kier alpha value is -3.56. The van der Waals surface area contributed by atoms with Crippen LogP contribution in [0.3, 0.4) is 0 Å². The second kappa shape index (κ2) is 12.8.